The molecular weight excluding hydrogens is 266 g/mol. The summed E-state index contributed by atoms with van der Waals surface area (Å²) in [4.78, 5) is 1.27. The Kier molecular flexibility index (Phi) is 4.31. The molecule has 20 heavy (non-hydrogen) atoms. The van der Waals surface area contributed by atoms with Gasteiger partial charge in [0.2, 0.25) is 0 Å². The molecule has 0 spiro atoms. The molecule has 0 amide bonds. The molecule has 1 aromatic heterocycles. The highest BCUT2D eigenvalue weighted by Gasteiger charge is 2.15. The van der Waals surface area contributed by atoms with Crippen molar-refractivity contribution < 1.29 is 0 Å². The maximum Gasteiger partial charge on any atom is 0.0888 e. The van der Waals surface area contributed by atoms with E-state index in [0.29, 0.717) is 6.04 Å². The van der Waals surface area contributed by atoms with Crippen molar-refractivity contribution in [3.8, 4) is 5.69 Å². The molecular formula is C16H21N3S. The predicted octanol–water partition coefficient (Wildman–Crippen LogP) is 4.34. The second kappa shape index (κ2) is 6.35. The van der Waals surface area contributed by atoms with E-state index in [9.17, 15) is 0 Å². The molecule has 1 aromatic carbocycles. The molecule has 1 saturated carbocycles. The number of thioether (sulfide) groups is 1. The minimum atomic E-state index is 0.609. The first-order valence-electron chi connectivity index (χ1n) is 7.31. The fraction of sp³-hybridized carbons (Fsp3) is 0.438. The van der Waals surface area contributed by atoms with Gasteiger partial charge in [-0.2, -0.15) is 5.10 Å². The van der Waals surface area contributed by atoms with Crippen molar-refractivity contribution in [3.63, 3.8) is 0 Å². The van der Waals surface area contributed by atoms with Gasteiger partial charge in [-0.1, -0.05) is 19.3 Å². The van der Waals surface area contributed by atoms with Crippen LogP contribution in [0, 0.1) is 0 Å². The average Bonchev–Trinajstić information content (AvgIpc) is 3.03. The van der Waals surface area contributed by atoms with E-state index in [0.717, 1.165) is 5.69 Å². The van der Waals surface area contributed by atoms with Crippen LogP contribution in [0.2, 0.25) is 0 Å². The van der Waals surface area contributed by atoms with Crippen LogP contribution in [0.4, 0.5) is 5.69 Å². The second-order valence-electron chi connectivity index (χ2n) is 5.31. The van der Waals surface area contributed by atoms with E-state index in [1.807, 2.05) is 23.1 Å². The Balaban J connectivity index is 1.88. The van der Waals surface area contributed by atoms with Crippen LogP contribution in [0.5, 0.6) is 0 Å². The molecule has 0 aliphatic heterocycles. The zero-order valence-corrected chi connectivity index (χ0v) is 12.7. The highest BCUT2D eigenvalue weighted by Crippen LogP contribution is 2.29. The van der Waals surface area contributed by atoms with Crippen LogP contribution in [-0.4, -0.2) is 22.1 Å². The van der Waals surface area contributed by atoms with Gasteiger partial charge in [0.25, 0.3) is 0 Å². The molecule has 3 rings (SSSR count). The van der Waals surface area contributed by atoms with Crippen LogP contribution >= 0.6 is 11.8 Å². The monoisotopic (exact) mass is 287 g/mol. The van der Waals surface area contributed by atoms with Crippen LogP contribution in [0.15, 0.2) is 41.6 Å². The first-order chi connectivity index (χ1) is 9.86. The fourth-order valence-corrected chi connectivity index (χ4v) is 3.26. The Morgan fingerprint density at radius 1 is 1.25 bits per heavy atom. The quantitative estimate of drug-likeness (QED) is 0.848. The van der Waals surface area contributed by atoms with E-state index in [1.165, 1.54) is 42.7 Å². The van der Waals surface area contributed by atoms with Crippen LogP contribution in [0.25, 0.3) is 5.69 Å². The molecule has 0 radical (unpaired) electrons. The third-order valence-corrected chi connectivity index (χ3v) is 4.65. The van der Waals surface area contributed by atoms with Gasteiger partial charge in [-0.3, -0.25) is 0 Å². The van der Waals surface area contributed by atoms with Crippen molar-refractivity contribution >= 4 is 17.4 Å². The Bertz CT molecular complexity index is 545. The van der Waals surface area contributed by atoms with Crippen molar-refractivity contribution in [2.45, 2.75) is 43.0 Å². The third-order valence-electron chi connectivity index (χ3n) is 3.92. The van der Waals surface area contributed by atoms with Crippen molar-refractivity contribution in [2.75, 3.05) is 11.6 Å². The maximum atomic E-state index is 4.38. The topological polar surface area (TPSA) is 29.9 Å². The summed E-state index contributed by atoms with van der Waals surface area (Å²) >= 11 is 1.77. The first-order valence-corrected chi connectivity index (χ1v) is 8.54. The Morgan fingerprint density at radius 2 is 2.10 bits per heavy atom. The van der Waals surface area contributed by atoms with Gasteiger partial charge in [0, 0.05) is 23.3 Å². The number of nitrogens with one attached hydrogen (secondary N) is 1. The predicted molar refractivity (Wildman–Crippen MR) is 85.8 cm³/mol. The SMILES string of the molecule is CSc1ccc(NC2CCCCC2)c(-n2cccn2)c1. The molecule has 0 unspecified atom stereocenters. The normalized spacial score (nSPS) is 16.2. The summed E-state index contributed by atoms with van der Waals surface area (Å²) in [5, 5.41) is 8.10. The average molecular weight is 287 g/mol. The van der Waals surface area contributed by atoms with Gasteiger partial charge in [0.1, 0.15) is 0 Å². The van der Waals surface area contributed by atoms with E-state index in [4.69, 9.17) is 0 Å². The molecule has 1 aliphatic rings. The van der Waals surface area contributed by atoms with Crippen LogP contribution in [-0.2, 0) is 0 Å². The van der Waals surface area contributed by atoms with Crippen LogP contribution in [0.1, 0.15) is 32.1 Å². The van der Waals surface area contributed by atoms with Gasteiger partial charge in [0.05, 0.1) is 11.4 Å². The second-order valence-corrected chi connectivity index (χ2v) is 6.19. The summed E-state index contributed by atoms with van der Waals surface area (Å²) in [5.74, 6) is 0. The summed E-state index contributed by atoms with van der Waals surface area (Å²) < 4.78 is 1.95. The van der Waals surface area contributed by atoms with Crippen molar-refractivity contribution in [1.29, 1.82) is 0 Å². The number of hydrogen-bond donors (Lipinski definition) is 1. The molecule has 2 aromatic rings. The van der Waals surface area contributed by atoms with Gasteiger partial charge < -0.3 is 5.32 Å². The summed E-state index contributed by atoms with van der Waals surface area (Å²) in [6, 6.07) is 9.16. The molecule has 0 saturated heterocycles. The Hall–Kier alpha value is -1.42. The fourth-order valence-electron chi connectivity index (χ4n) is 2.83. The summed E-state index contributed by atoms with van der Waals surface area (Å²) in [7, 11) is 0. The number of benzene rings is 1. The molecule has 1 fully saturated rings. The summed E-state index contributed by atoms with van der Waals surface area (Å²) in [6.07, 6.45) is 12.6. The molecule has 0 atom stereocenters. The molecule has 4 heteroatoms. The van der Waals surface area contributed by atoms with E-state index in [2.05, 4.69) is 34.9 Å². The van der Waals surface area contributed by atoms with Crippen molar-refractivity contribution in [3.05, 3.63) is 36.7 Å². The molecule has 1 heterocycles. The highest BCUT2D eigenvalue weighted by molar-refractivity contribution is 7.98. The molecule has 0 bridgehead atoms. The first kappa shape index (κ1) is 13.6. The van der Waals surface area contributed by atoms with Crippen LogP contribution in [0.3, 0.4) is 0 Å². The van der Waals surface area contributed by atoms with Crippen LogP contribution < -0.4 is 5.32 Å². The summed E-state index contributed by atoms with van der Waals surface area (Å²) in [6.45, 7) is 0. The van der Waals surface area contributed by atoms with Gasteiger partial charge in [-0.15, -0.1) is 11.8 Å². The van der Waals surface area contributed by atoms with Crippen molar-refractivity contribution in [2.24, 2.45) is 0 Å². The number of aromatic nitrogens is 2. The Morgan fingerprint density at radius 3 is 2.80 bits per heavy atom. The van der Waals surface area contributed by atoms with Crippen molar-refractivity contribution in [1.82, 2.24) is 9.78 Å². The lowest BCUT2D eigenvalue weighted by Gasteiger charge is -2.25. The smallest absolute Gasteiger partial charge is 0.0888 e. The number of hydrogen-bond acceptors (Lipinski definition) is 3. The third kappa shape index (κ3) is 3.01. The van der Waals surface area contributed by atoms with Gasteiger partial charge in [-0.25, -0.2) is 4.68 Å². The van der Waals surface area contributed by atoms with Gasteiger partial charge in [0.15, 0.2) is 0 Å². The lowest BCUT2D eigenvalue weighted by atomic mass is 9.95. The van der Waals surface area contributed by atoms with E-state index in [1.54, 1.807) is 11.8 Å². The zero-order valence-electron chi connectivity index (χ0n) is 11.9. The minimum absolute atomic E-state index is 0.609. The molecule has 1 N–H and O–H groups in total. The van der Waals surface area contributed by atoms with E-state index in [-0.39, 0.29) is 0 Å². The van der Waals surface area contributed by atoms with E-state index < -0.39 is 0 Å². The van der Waals surface area contributed by atoms with Gasteiger partial charge in [-0.05, 0) is 43.4 Å². The lowest BCUT2D eigenvalue weighted by Crippen LogP contribution is -2.23. The van der Waals surface area contributed by atoms with E-state index >= 15 is 0 Å². The number of nitrogens with zero attached hydrogens (tertiary/aromatic N) is 2. The molecule has 106 valence electrons. The largest absolute Gasteiger partial charge is 0.381 e. The molecule has 1 aliphatic carbocycles. The van der Waals surface area contributed by atoms with Gasteiger partial charge >= 0.3 is 0 Å². The maximum absolute atomic E-state index is 4.38. The Labute approximate surface area is 124 Å². The highest BCUT2D eigenvalue weighted by atomic mass is 32.2. The lowest BCUT2D eigenvalue weighted by molar-refractivity contribution is 0.462. The minimum Gasteiger partial charge on any atom is -0.381 e. The summed E-state index contributed by atoms with van der Waals surface area (Å²) in [5.41, 5.74) is 2.34. The number of anilines is 1. The molecule has 3 nitrogen and oxygen atoms in total. The standard InChI is InChI=1S/C16H21N3S/c1-20-14-8-9-15(18-13-6-3-2-4-7-13)16(12-14)19-11-5-10-17-19/h5,8-13,18H,2-4,6-7H2,1H3. The zero-order chi connectivity index (χ0) is 13.8. The number of rotatable bonds is 4.